The Morgan fingerprint density at radius 3 is 2.78 bits per heavy atom. The quantitative estimate of drug-likeness (QED) is 0.773. The second-order valence-corrected chi connectivity index (χ2v) is 4.80. The number of esters is 1. The van der Waals surface area contributed by atoms with E-state index in [1.165, 1.54) is 11.3 Å². The standard InChI is InChI=1S/C11H16N4O2S/c1-4-7(10(16)17-6-3)9-14-15-8(5-2)12-13-11(15)18-9/h7H,4-6H2,1-3H3. The third-order valence-electron chi connectivity index (χ3n) is 2.66. The van der Waals surface area contributed by atoms with Crippen molar-refractivity contribution in [2.75, 3.05) is 6.61 Å². The van der Waals surface area contributed by atoms with Gasteiger partial charge in [0.05, 0.1) is 6.61 Å². The van der Waals surface area contributed by atoms with Crippen molar-refractivity contribution in [1.29, 1.82) is 0 Å². The summed E-state index contributed by atoms with van der Waals surface area (Å²) in [4.78, 5) is 12.6. The minimum absolute atomic E-state index is 0.219. The lowest BCUT2D eigenvalue weighted by Crippen LogP contribution is -2.15. The van der Waals surface area contributed by atoms with Crippen molar-refractivity contribution in [3.63, 3.8) is 0 Å². The van der Waals surface area contributed by atoms with Crippen molar-refractivity contribution < 1.29 is 9.53 Å². The van der Waals surface area contributed by atoms with E-state index in [0.29, 0.717) is 13.0 Å². The van der Waals surface area contributed by atoms with E-state index in [1.54, 1.807) is 11.4 Å². The number of carbonyl (C=O) groups is 1. The van der Waals surface area contributed by atoms with Crippen LogP contribution in [-0.4, -0.2) is 32.4 Å². The Morgan fingerprint density at radius 1 is 1.39 bits per heavy atom. The molecule has 0 aliphatic rings. The molecule has 2 rings (SSSR count). The predicted molar refractivity (Wildman–Crippen MR) is 67.7 cm³/mol. The van der Waals surface area contributed by atoms with Crippen LogP contribution in [-0.2, 0) is 16.0 Å². The molecular weight excluding hydrogens is 252 g/mol. The molecule has 2 heterocycles. The molecule has 0 bridgehead atoms. The fraction of sp³-hybridized carbons (Fsp3) is 0.636. The first-order valence-corrected chi connectivity index (χ1v) is 6.90. The molecule has 18 heavy (non-hydrogen) atoms. The summed E-state index contributed by atoms with van der Waals surface area (Å²) < 4.78 is 6.77. The Morgan fingerprint density at radius 2 is 2.17 bits per heavy atom. The van der Waals surface area contributed by atoms with Crippen molar-refractivity contribution in [2.45, 2.75) is 39.5 Å². The maximum Gasteiger partial charge on any atom is 0.315 e. The molecule has 2 aromatic heterocycles. The zero-order chi connectivity index (χ0) is 13.1. The summed E-state index contributed by atoms with van der Waals surface area (Å²) in [5, 5.41) is 13.2. The third kappa shape index (κ3) is 2.22. The normalized spacial score (nSPS) is 12.8. The van der Waals surface area contributed by atoms with E-state index in [-0.39, 0.29) is 11.9 Å². The fourth-order valence-electron chi connectivity index (χ4n) is 1.72. The smallest absolute Gasteiger partial charge is 0.315 e. The van der Waals surface area contributed by atoms with Gasteiger partial charge in [-0.1, -0.05) is 25.2 Å². The first kappa shape index (κ1) is 12.9. The summed E-state index contributed by atoms with van der Waals surface area (Å²) in [6.07, 6.45) is 1.44. The molecular formula is C11H16N4O2S. The van der Waals surface area contributed by atoms with Gasteiger partial charge < -0.3 is 4.74 Å². The number of hydrogen-bond acceptors (Lipinski definition) is 6. The van der Waals surface area contributed by atoms with Gasteiger partial charge >= 0.3 is 5.97 Å². The molecule has 0 saturated carbocycles. The molecule has 1 unspecified atom stereocenters. The third-order valence-corrected chi connectivity index (χ3v) is 3.68. The molecule has 0 amide bonds. The van der Waals surface area contributed by atoms with E-state index in [2.05, 4.69) is 15.3 Å². The van der Waals surface area contributed by atoms with Crippen LogP contribution in [0.2, 0.25) is 0 Å². The van der Waals surface area contributed by atoms with Crippen molar-refractivity contribution in [3.05, 3.63) is 10.8 Å². The van der Waals surface area contributed by atoms with Gasteiger partial charge in [-0.05, 0) is 13.3 Å². The van der Waals surface area contributed by atoms with Gasteiger partial charge in [-0.15, -0.1) is 10.2 Å². The summed E-state index contributed by atoms with van der Waals surface area (Å²) in [6, 6.07) is 0. The first-order chi connectivity index (χ1) is 8.71. The van der Waals surface area contributed by atoms with E-state index in [4.69, 9.17) is 4.74 Å². The fourth-order valence-corrected chi connectivity index (χ4v) is 2.75. The van der Waals surface area contributed by atoms with E-state index >= 15 is 0 Å². The van der Waals surface area contributed by atoms with Crippen molar-refractivity contribution >= 4 is 22.3 Å². The number of carbonyl (C=O) groups excluding carboxylic acids is 1. The van der Waals surface area contributed by atoms with Gasteiger partial charge in [0.25, 0.3) is 0 Å². The topological polar surface area (TPSA) is 69.4 Å². The second-order valence-electron chi connectivity index (χ2n) is 3.82. The monoisotopic (exact) mass is 268 g/mol. The number of rotatable bonds is 5. The summed E-state index contributed by atoms with van der Waals surface area (Å²) in [7, 11) is 0. The molecule has 0 radical (unpaired) electrons. The molecule has 6 nitrogen and oxygen atoms in total. The van der Waals surface area contributed by atoms with E-state index in [1.807, 2.05) is 13.8 Å². The zero-order valence-electron chi connectivity index (χ0n) is 10.7. The van der Waals surface area contributed by atoms with Crippen LogP contribution >= 0.6 is 11.3 Å². The van der Waals surface area contributed by atoms with E-state index in [9.17, 15) is 4.79 Å². The molecule has 0 saturated heterocycles. The van der Waals surface area contributed by atoms with Crippen LogP contribution in [0.15, 0.2) is 0 Å². The number of aryl methyl sites for hydroxylation is 1. The minimum atomic E-state index is -0.304. The Labute approximate surface area is 109 Å². The highest BCUT2D eigenvalue weighted by molar-refractivity contribution is 7.16. The van der Waals surface area contributed by atoms with E-state index in [0.717, 1.165) is 22.2 Å². The molecule has 0 spiro atoms. The van der Waals surface area contributed by atoms with Crippen LogP contribution in [0.3, 0.4) is 0 Å². The highest BCUT2D eigenvalue weighted by Crippen LogP contribution is 2.26. The van der Waals surface area contributed by atoms with Crippen LogP contribution in [0.4, 0.5) is 0 Å². The maximum absolute atomic E-state index is 11.8. The minimum Gasteiger partial charge on any atom is -0.465 e. The first-order valence-electron chi connectivity index (χ1n) is 6.08. The zero-order valence-corrected chi connectivity index (χ0v) is 11.5. The van der Waals surface area contributed by atoms with Gasteiger partial charge in [-0.3, -0.25) is 4.79 Å². The Kier molecular flexibility index (Phi) is 3.90. The summed E-state index contributed by atoms with van der Waals surface area (Å²) in [5.41, 5.74) is 0. The maximum atomic E-state index is 11.8. The average Bonchev–Trinajstić information content (AvgIpc) is 2.90. The average molecular weight is 268 g/mol. The van der Waals surface area contributed by atoms with Gasteiger partial charge in [0.1, 0.15) is 10.9 Å². The predicted octanol–water partition coefficient (Wildman–Crippen LogP) is 1.80. The number of hydrogen-bond donors (Lipinski definition) is 0. The van der Waals surface area contributed by atoms with Gasteiger partial charge in [-0.2, -0.15) is 9.61 Å². The van der Waals surface area contributed by atoms with Gasteiger partial charge in [0.15, 0.2) is 5.82 Å². The molecule has 1 atom stereocenters. The number of fused-ring (bicyclic) bond motifs is 1. The summed E-state index contributed by atoms with van der Waals surface area (Å²) >= 11 is 1.40. The highest BCUT2D eigenvalue weighted by atomic mass is 32.1. The lowest BCUT2D eigenvalue weighted by molar-refractivity contribution is -0.145. The molecule has 2 aromatic rings. The summed E-state index contributed by atoms with van der Waals surface area (Å²) in [6.45, 7) is 6.14. The largest absolute Gasteiger partial charge is 0.465 e. The highest BCUT2D eigenvalue weighted by Gasteiger charge is 2.25. The van der Waals surface area contributed by atoms with Gasteiger partial charge in [-0.25, -0.2) is 0 Å². The van der Waals surface area contributed by atoms with Gasteiger partial charge in [0.2, 0.25) is 4.96 Å². The lowest BCUT2D eigenvalue weighted by atomic mass is 10.1. The second kappa shape index (κ2) is 5.43. The molecule has 0 aromatic carbocycles. The molecule has 0 fully saturated rings. The van der Waals surface area contributed by atoms with E-state index < -0.39 is 0 Å². The molecule has 0 aliphatic heterocycles. The van der Waals surface area contributed by atoms with Crippen LogP contribution in [0.25, 0.3) is 4.96 Å². The SMILES string of the molecule is CCOC(=O)C(CC)c1nn2c(CC)nnc2s1. The summed E-state index contributed by atoms with van der Waals surface area (Å²) in [5.74, 6) is 0.288. The van der Waals surface area contributed by atoms with Crippen LogP contribution in [0.1, 0.15) is 43.9 Å². The van der Waals surface area contributed by atoms with Crippen molar-refractivity contribution in [2.24, 2.45) is 0 Å². The van der Waals surface area contributed by atoms with Crippen molar-refractivity contribution in [3.8, 4) is 0 Å². The van der Waals surface area contributed by atoms with Crippen molar-refractivity contribution in [1.82, 2.24) is 19.8 Å². The molecule has 0 N–H and O–H groups in total. The molecule has 7 heteroatoms. The molecule has 0 aliphatic carbocycles. The Bertz CT molecular complexity index is 548. The van der Waals surface area contributed by atoms with Gasteiger partial charge in [0, 0.05) is 6.42 Å². The van der Waals surface area contributed by atoms with Crippen LogP contribution in [0, 0.1) is 0 Å². The number of nitrogens with zero attached hydrogens (tertiary/aromatic N) is 4. The number of ether oxygens (including phenoxy) is 1. The Hall–Kier alpha value is -1.50. The Balaban J connectivity index is 2.33. The number of aromatic nitrogens is 4. The lowest BCUT2D eigenvalue weighted by Gasteiger charge is -2.09. The molecule has 98 valence electrons. The van der Waals surface area contributed by atoms with Crippen LogP contribution < -0.4 is 0 Å². The van der Waals surface area contributed by atoms with Crippen LogP contribution in [0.5, 0.6) is 0 Å².